The van der Waals surface area contributed by atoms with Crippen LogP contribution >= 0.6 is 0 Å². The summed E-state index contributed by atoms with van der Waals surface area (Å²) in [6, 6.07) is 2.10. The largest absolute Gasteiger partial charge is 0.507 e. The zero-order valence-corrected chi connectivity index (χ0v) is 9.66. The predicted molar refractivity (Wildman–Crippen MR) is 63.7 cm³/mol. The molecule has 1 unspecified atom stereocenters. The minimum Gasteiger partial charge on any atom is -0.507 e. The van der Waals surface area contributed by atoms with Crippen LogP contribution < -0.4 is 11.1 Å². The summed E-state index contributed by atoms with van der Waals surface area (Å²) in [6.07, 6.45) is -0.774. The normalized spacial score (nSPS) is 11.6. The van der Waals surface area contributed by atoms with Gasteiger partial charge in [0.2, 0.25) is 0 Å². The number of hydrogen-bond donors (Lipinski definition) is 5. The molecule has 1 atom stereocenters. The Hall–Kier alpha value is -2.77. The SMILES string of the molecule is Nc1ccc(O)c(C(=O)NC(CC(=O)O)C(=O)O)c1. The van der Waals surface area contributed by atoms with Crippen LogP contribution in [0.3, 0.4) is 0 Å². The molecule has 1 aromatic rings. The van der Waals surface area contributed by atoms with E-state index in [9.17, 15) is 19.5 Å². The first kappa shape index (κ1) is 14.3. The Morgan fingerprint density at radius 2 is 1.89 bits per heavy atom. The number of carbonyl (C=O) groups is 3. The van der Waals surface area contributed by atoms with Gasteiger partial charge in [-0.15, -0.1) is 0 Å². The van der Waals surface area contributed by atoms with E-state index in [1.165, 1.54) is 12.1 Å². The molecule has 8 heteroatoms. The van der Waals surface area contributed by atoms with Crippen molar-refractivity contribution in [3.63, 3.8) is 0 Å². The van der Waals surface area contributed by atoms with Crippen molar-refractivity contribution in [3.8, 4) is 5.75 Å². The Morgan fingerprint density at radius 3 is 2.42 bits per heavy atom. The third kappa shape index (κ3) is 3.87. The highest BCUT2D eigenvalue weighted by Gasteiger charge is 2.24. The van der Waals surface area contributed by atoms with Gasteiger partial charge in [-0.25, -0.2) is 4.79 Å². The second-order valence-electron chi connectivity index (χ2n) is 3.74. The average molecular weight is 268 g/mol. The van der Waals surface area contributed by atoms with Crippen LogP contribution in [0.25, 0.3) is 0 Å². The first-order chi connectivity index (χ1) is 8.81. The third-order valence-corrected chi connectivity index (χ3v) is 2.25. The van der Waals surface area contributed by atoms with E-state index in [1.54, 1.807) is 0 Å². The number of aliphatic carboxylic acids is 2. The molecule has 1 aromatic carbocycles. The number of benzene rings is 1. The molecule has 0 aliphatic rings. The fraction of sp³-hybridized carbons (Fsp3) is 0.182. The van der Waals surface area contributed by atoms with Crippen LogP contribution in [-0.4, -0.2) is 39.2 Å². The van der Waals surface area contributed by atoms with Gasteiger partial charge in [-0.2, -0.15) is 0 Å². The van der Waals surface area contributed by atoms with Crippen LogP contribution in [0.1, 0.15) is 16.8 Å². The van der Waals surface area contributed by atoms with Crippen molar-refractivity contribution < 1.29 is 29.7 Å². The van der Waals surface area contributed by atoms with Gasteiger partial charge in [-0.05, 0) is 18.2 Å². The highest BCUT2D eigenvalue weighted by Crippen LogP contribution is 2.19. The lowest BCUT2D eigenvalue weighted by Gasteiger charge is -2.13. The van der Waals surface area contributed by atoms with Gasteiger partial charge in [-0.3, -0.25) is 9.59 Å². The number of amides is 1. The second-order valence-corrected chi connectivity index (χ2v) is 3.74. The molecule has 6 N–H and O–H groups in total. The summed E-state index contributed by atoms with van der Waals surface area (Å²) < 4.78 is 0. The van der Waals surface area contributed by atoms with E-state index in [0.29, 0.717) is 0 Å². The summed E-state index contributed by atoms with van der Waals surface area (Å²) in [5.74, 6) is -4.16. The fourth-order valence-electron chi connectivity index (χ4n) is 1.35. The monoisotopic (exact) mass is 268 g/mol. The molecule has 0 saturated carbocycles. The summed E-state index contributed by atoms with van der Waals surface area (Å²) in [4.78, 5) is 33.0. The lowest BCUT2D eigenvalue weighted by Crippen LogP contribution is -2.42. The molecule has 0 heterocycles. The lowest BCUT2D eigenvalue weighted by molar-refractivity contribution is -0.145. The molecule has 0 saturated heterocycles. The zero-order chi connectivity index (χ0) is 14.6. The lowest BCUT2D eigenvalue weighted by atomic mass is 10.1. The molecule has 1 rings (SSSR count). The number of carbonyl (C=O) groups excluding carboxylic acids is 1. The van der Waals surface area contributed by atoms with Gasteiger partial charge in [0.05, 0.1) is 12.0 Å². The molecule has 0 aromatic heterocycles. The van der Waals surface area contributed by atoms with E-state index < -0.39 is 30.3 Å². The van der Waals surface area contributed by atoms with Crippen LogP contribution in [-0.2, 0) is 9.59 Å². The van der Waals surface area contributed by atoms with Crippen molar-refractivity contribution in [1.82, 2.24) is 5.32 Å². The van der Waals surface area contributed by atoms with Crippen molar-refractivity contribution in [2.24, 2.45) is 0 Å². The summed E-state index contributed by atoms with van der Waals surface area (Å²) in [6.45, 7) is 0. The average Bonchev–Trinajstić information content (AvgIpc) is 2.30. The van der Waals surface area contributed by atoms with Crippen LogP contribution in [0, 0.1) is 0 Å². The zero-order valence-electron chi connectivity index (χ0n) is 9.66. The van der Waals surface area contributed by atoms with E-state index in [-0.39, 0.29) is 17.0 Å². The molecular formula is C11H12N2O6. The maximum absolute atomic E-state index is 11.7. The fourth-order valence-corrected chi connectivity index (χ4v) is 1.35. The Balaban J connectivity index is 2.90. The van der Waals surface area contributed by atoms with E-state index in [0.717, 1.165) is 6.07 Å². The Labute approximate surface area is 107 Å². The summed E-state index contributed by atoms with van der Waals surface area (Å²) >= 11 is 0. The van der Waals surface area contributed by atoms with E-state index in [1.807, 2.05) is 5.32 Å². The smallest absolute Gasteiger partial charge is 0.326 e. The minimum atomic E-state index is -1.59. The summed E-state index contributed by atoms with van der Waals surface area (Å²) in [5, 5.41) is 28.8. The van der Waals surface area contributed by atoms with Crippen molar-refractivity contribution >= 4 is 23.5 Å². The Kier molecular flexibility index (Phi) is 4.30. The van der Waals surface area contributed by atoms with Crippen molar-refractivity contribution in [2.75, 3.05) is 5.73 Å². The third-order valence-electron chi connectivity index (χ3n) is 2.25. The van der Waals surface area contributed by atoms with E-state index >= 15 is 0 Å². The first-order valence-corrected chi connectivity index (χ1v) is 5.15. The number of anilines is 1. The predicted octanol–water partition coefficient (Wildman–Crippen LogP) is -0.368. The molecule has 0 radical (unpaired) electrons. The summed E-state index contributed by atoms with van der Waals surface area (Å²) in [5.41, 5.74) is 5.41. The topological polar surface area (TPSA) is 150 Å². The molecule has 0 spiro atoms. The number of carboxylic acids is 2. The number of aromatic hydroxyl groups is 1. The van der Waals surface area contributed by atoms with Gasteiger partial charge in [0.25, 0.3) is 5.91 Å². The van der Waals surface area contributed by atoms with Gasteiger partial charge >= 0.3 is 11.9 Å². The standard InChI is InChI=1S/C11H12N2O6/c12-5-1-2-8(14)6(3-5)10(17)13-7(11(18)19)4-9(15)16/h1-3,7,14H,4,12H2,(H,13,17)(H,15,16)(H,18,19). The van der Waals surface area contributed by atoms with Crippen molar-refractivity contribution in [2.45, 2.75) is 12.5 Å². The first-order valence-electron chi connectivity index (χ1n) is 5.15. The van der Waals surface area contributed by atoms with Crippen molar-refractivity contribution in [1.29, 1.82) is 0 Å². The molecule has 0 aliphatic carbocycles. The number of carboxylic acid groups (broad SMARTS) is 2. The van der Waals surface area contributed by atoms with E-state index in [4.69, 9.17) is 15.9 Å². The van der Waals surface area contributed by atoms with Crippen LogP contribution in [0.2, 0.25) is 0 Å². The number of nitrogen functional groups attached to an aromatic ring is 1. The highest BCUT2D eigenvalue weighted by atomic mass is 16.4. The maximum Gasteiger partial charge on any atom is 0.326 e. The minimum absolute atomic E-state index is 0.202. The van der Waals surface area contributed by atoms with Gasteiger partial charge in [0.1, 0.15) is 11.8 Å². The molecule has 0 fully saturated rings. The molecule has 1 amide bonds. The van der Waals surface area contributed by atoms with E-state index in [2.05, 4.69) is 0 Å². The quantitative estimate of drug-likeness (QED) is 0.361. The molecular weight excluding hydrogens is 256 g/mol. The van der Waals surface area contributed by atoms with Crippen LogP contribution in [0.15, 0.2) is 18.2 Å². The maximum atomic E-state index is 11.7. The number of nitrogens with one attached hydrogen (secondary N) is 1. The number of phenolic OH excluding ortho intramolecular Hbond substituents is 1. The van der Waals surface area contributed by atoms with Crippen molar-refractivity contribution in [3.05, 3.63) is 23.8 Å². The van der Waals surface area contributed by atoms with Gasteiger partial charge in [0, 0.05) is 5.69 Å². The van der Waals surface area contributed by atoms with Gasteiger partial charge in [-0.1, -0.05) is 0 Å². The van der Waals surface area contributed by atoms with Crippen LogP contribution in [0.4, 0.5) is 5.69 Å². The number of hydrogen-bond acceptors (Lipinski definition) is 5. The second kappa shape index (κ2) is 5.71. The molecule has 0 bridgehead atoms. The number of phenols is 1. The number of nitrogens with two attached hydrogens (primary N) is 1. The molecule has 0 aliphatic heterocycles. The number of rotatable bonds is 5. The summed E-state index contributed by atoms with van der Waals surface area (Å²) in [7, 11) is 0. The molecule has 19 heavy (non-hydrogen) atoms. The Bertz CT molecular complexity index is 528. The Morgan fingerprint density at radius 1 is 1.26 bits per heavy atom. The molecule has 8 nitrogen and oxygen atoms in total. The van der Waals surface area contributed by atoms with Gasteiger partial charge < -0.3 is 26.4 Å². The van der Waals surface area contributed by atoms with Crippen LogP contribution in [0.5, 0.6) is 5.75 Å². The highest BCUT2D eigenvalue weighted by molar-refractivity contribution is 6.00. The molecule has 102 valence electrons. The van der Waals surface area contributed by atoms with Gasteiger partial charge in [0.15, 0.2) is 0 Å².